The summed E-state index contributed by atoms with van der Waals surface area (Å²) in [5.41, 5.74) is 8.30. The van der Waals surface area contributed by atoms with E-state index in [2.05, 4.69) is 61.7 Å². The summed E-state index contributed by atoms with van der Waals surface area (Å²) in [5, 5.41) is 36.0. The normalized spacial score (nSPS) is 9.76. The molecule has 3 aromatic rings. The Bertz CT molecular complexity index is 1300. The summed E-state index contributed by atoms with van der Waals surface area (Å²) in [6, 6.07) is 5.76. The molecule has 16 heteroatoms. The van der Waals surface area contributed by atoms with E-state index in [9.17, 15) is 4.79 Å². The maximum atomic E-state index is 12.2. The minimum atomic E-state index is -1.83. The van der Waals surface area contributed by atoms with Crippen LogP contribution in [-0.4, -0.2) is 76.5 Å². The number of hydrogen-bond donors (Lipinski definition) is 5. The first kappa shape index (κ1) is 46.0. The molecule has 0 spiro atoms. The van der Waals surface area contributed by atoms with E-state index in [1.807, 2.05) is 45.9 Å². The Balaban J connectivity index is -0.000000907. The van der Waals surface area contributed by atoms with Crippen molar-refractivity contribution in [3.8, 4) is 23.0 Å². The van der Waals surface area contributed by atoms with Crippen LogP contribution < -0.4 is 5.73 Å². The van der Waals surface area contributed by atoms with E-state index in [-0.39, 0.29) is 34.8 Å². The highest BCUT2D eigenvalue weighted by Crippen LogP contribution is 2.27. The lowest BCUT2D eigenvalue weighted by Gasteiger charge is -2.24. The number of nitrogens with two attached hydrogens (primary N) is 1. The highest BCUT2D eigenvalue weighted by Gasteiger charge is 2.20. The van der Waals surface area contributed by atoms with Gasteiger partial charge in [0.05, 0.1) is 0 Å². The van der Waals surface area contributed by atoms with Crippen molar-refractivity contribution in [1.29, 1.82) is 0 Å². The molecule has 6 N–H and O–H groups in total. The van der Waals surface area contributed by atoms with E-state index < -0.39 is 17.9 Å². The molecule has 0 aliphatic rings. The number of halogens is 1. The fraction of sp³-hybridized carbons (Fsp3) is 0.500. The van der Waals surface area contributed by atoms with Crippen LogP contribution in [0, 0.1) is 18.8 Å². The Kier molecular flexibility index (Phi) is 22.9. The minimum absolute atomic E-state index is 0. The van der Waals surface area contributed by atoms with Crippen LogP contribution in [0.25, 0.3) is 23.0 Å². The number of ether oxygens (including phenoxy) is 1. The Labute approximate surface area is 280 Å². The molecule has 0 fully saturated rings. The number of benzene rings is 1. The van der Waals surface area contributed by atoms with Gasteiger partial charge in [-0.2, -0.15) is 0 Å². The van der Waals surface area contributed by atoms with Gasteiger partial charge in [0.1, 0.15) is 5.60 Å². The summed E-state index contributed by atoms with van der Waals surface area (Å²) in [4.78, 5) is 38.9. The first-order chi connectivity index (χ1) is 20.6. The lowest BCUT2D eigenvalue weighted by Crippen LogP contribution is -2.33. The van der Waals surface area contributed by atoms with Gasteiger partial charge in [-0.3, -0.25) is 0 Å². The van der Waals surface area contributed by atoms with Gasteiger partial charge in [0.15, 0.2) is 11.5 Å². The predicted molar refractivity (Wildman–Crippen MR) is 180 cm³/mol. The molecule has 0 radical (unpaired) electrons. The number of aromatic nitrogens is 4. The second kappa shape index (κ2) is 23.0. The molecule has 46 heavy (non-hydrogen) atoms. The van der Waals surface area contributed by atoms with Gasteiger partial charge < -0.3 is 40.2 Å². The quantitative estimate of drug-likeness (QED) is 0.173. The van der Waals surface area contributed by atoms with E-state index in [1.54, 1.807) is 7.05 Å². The van der Waals surface area contributed by atoms with Crippen LogP contribution in [0.1, 0.15) is 73.4 Å². The summed E-state index contributed by atoms with van der Waals surface area (Å²) in [7, 11) is 1.70. The maximum Gasteiger partial charge on any atom is 0.503 e. The van der Waals surface area contributed by atoms with Gasteiger partial charge in [-0.25, -0.2) is 24.4 Å². The molecule has 0 saturated carbocycles. The molecule has 2 aromatic heterocycles. The number of carboxylic acid groups (broad SMARTS) is 4. The van der Waals surface area contributed by atoms with E-state index in [0.29, 0.717) is 18.1 Å². The monoisotopic (exact) mass is 716 g/mol. The van der Waals surface area contributed by atoms with Gasteiger partial charge in [0.25, 0.3) is 5.89 Å². The molecular formula is C30H49BrN6O9. The van der Waals surface area contributed by atoms with Gasteiger partial charge in [0, 0.05) is 31.5 Å². The van der Waals surface area contributed by atoms with Crippen molar-refractivity contribution in [2.24, 2.45) is 11.8 Å². The van der Waals surface area contributed by atoms with Crippen molar-refractivity contribution >= 4 is 41.2 Å². The molecule has 0 atom stereocenters. The number of carbonyl (C=O) groups excluding carboxylic acids is 1. The van der Waals surface area contributed by atoms with Crippen molar-refractivity contribution in [3.63, 3.8) is 0 Å². The van der Waals surface area contributed by atoms with Gasteiger partial charge in [-0.15, -0.1) is 27.2 Å². The highest BCUT2D eigenvalue weighted by molar-refractivity contribution is 8.93. The number of rotatable bonds is 4. The van der Waals surface area contributed by atoms with Crippen molar-refractivity contribution in [3.05, 3.63) is 41.7 Å². The number of anilines is 1. The number of aryl methyl sites for hydroxylation is 1. The maximum absolute atomic E-state index is 12.2. The number of hydrogen-bond acceptors (Lipinski definition) is 10. The predicted octanol–water partition coefficient (Wildman–Crippen LogP) is 7.80. The molecule has 0 saturated heterocycles. The SMILES string of the molecule is Br.CC(C)C.CC(C)C.Cc1cc(CN(C)C(=O)OC(C)(C)C)ccc1-c1nnc(-c2nccnc2N)o1.O=C(O)O.O=C(O)O. The number of amides is 1. The molecule has 3 rings (SSSR count). The second-order valence-electron chi connectivity index (χ2n) is 11.7. The van der Waals surface area contributed by atoms with Crippen LogP contribution >= 0.6 is 17.0 Å². The second-order valence-corrected chi connectivity index (χ2v) is 11.7. The Hall–Kier alpha value is -4.47. The number of carbonyl (C=O) groups is 3. The smallest absolute Gasteiger partial charge is 0.450 e. The van der Waals surface area contributed by atoms with E-state index in [0.717, 1.165) is 28.5 Å². The zero-order valence-corrected chi connectivity index (χ0v) is 30.0. The first-order valence-electron chi connectivity index (χ1n) is 13.8. The largest absolute Gasteiger partial charge is 0.503 e. The first-order valence-corrected chi connectivity index (χ1v) is 13.8. The van der Waals surface area contributed by atoms with E-state index >= 15 is 0 Å². The summed E-state index contributed by atoms with van der Waals surface area (Å²) in [6.45, 7) is 20.9. The lowest BCUT2D eigenvalue weighted by atomic mass is 10.0. The molecule has 2 heterocycles. The molecule has 0 aliphatic carbocycles. The molecule has 1 amide bonds. The molecular weight excluding hydrogens is 668 g/mol. The third-order valence-corrected chi connectivity index (χ3v) is 4.00. The molecule has 0 unspecified atom stereocenters. The lowest BCUT2D eigenvalue weighted by molar-refractivity contribution is 0.0284. The van der Waals surface area contributed by atoms with Gasteiger partial charge in [-0.05, 0) is 56.7 Å². The Morgan fingerprint density at radius 1 is 0.891 bits per heavy atom. The van der Waals surface area contributed by atoms with Crippen molar-refractivity contribution < 1.29 is 44.0 Å². The molecule has 1 aromatic carbocycles. The molecule has 15 nitrogen and oxygen atoms in total. The summed E-state index contributed by atoms with van der Waals surface area (Å²) < 4.78 is 11.1. The fourth-order valence-electron chi connectivity index (χ4n) is 2.68. The minimum Gasteiger partial charge on any atom is -0.450 e. The van der Waals surface area contributed by atoms with Crippen LogP contribution in [0.15, 0.2) is 35.0 Å². The van der Waals surface area contributed by atoms with Crippen LogP contribution in [-0.2, 0) is 11.3 Å². The van der Waals surface area contributed by atoms with Crippen molar-refractivity contribution in [1.82, 2.24) is 25.1 Å². The Morgan fingerprint density at radius 3 is 1.74 bits per heavy atom. The van der Waals surface area contributed by atoms with E-state index in [1.165, 1.54) is 17.3 Å². The van der Waals surface area contributed by atoms with Gasteiger partial charge in [-0.1, -0.05) is 53.7 Å². The highest BCUT2D eigenvalue weighted by atomic mass is 79.9. The third-order valence-electron chi connectivity index (χ3n) is 4.00. The standard InChI is InChI=1S/C20H24N6O3.2C4H10.2CH2O3.BrH/c1-12-10-13(11-26(5)19(27)29-20(2,3)4)6-7-14(12)17-24-25-18(28-17)15-16(21)23-9-8-22-15;2*1-4(2)3;2*2-1(3)4;/h6-10H,11H2,1-5H3,(H2,21,23);2*4H,1-3H3;2*(H2,2,3,4);1H. The van der Waals surface area contributed by atoms with Crippen LogP contribution in [0.4, 0.5) is 20.2 Å². The van der Waals surface area contributed by atoms with Crippen LogP contribution in [0.2, 0.25) is 0 Å². The summed E-state index contributed by atoms with van der Waals surface area (Å²) >= 11 is 0. The van der Waals surface area contributed by atoms with E-state index in [4.69, 9.17) is 44.9 Å². The summed E-state index contributed by atoms with van der Waals surface area (Å²) in [5.74, 6) is 2.45. The zero-order chi connectivity index (χ0) is 35.5. The average Bonchev–Trinajstić information content (AvgIpc) is 3.31. The van der Waals surface area contributed by atoms with Crippen molar-refractivity contribution in [2.45, 2.75) is 81.4 Å². The fourth-order valence-corrected chi connectivity index (χ4v) is 2.68. The van der Waals surface area contributed by atoms with Gasteiger partial charge in [0.2, 0.25) is 5.89 Å². The Morgan fingerprint density at radius 2 is 1.33 bits per heavy atom. The molecule has 0 aliphatic heterocycles. The number of nitrogen functional groups attached to an aromatic ring is 1. The zero-order valence-electron chi connectivity index (χ0n) is 28.3. The van der Waals surface area contributed by atoms with Crippen molar-refractivity contribution in [2.75, 3.05) is 12.8 Å². The molecule has 0 bridgehead atoms. The van der Waals surface area contributed by atoms with Crippen LogP contribution in [0.3, 0.4) is 0 Å². The van der Waals surface area contributed by atoms with Crippen LogP contribution in [0.5, 0.6) is 0 Å². The molecule has 260 valence electrons. The topological polar surface area (TPSA) is 235 Å². The number of nitrogens with zero attached hydrogens (tertiary/aromatic N) is 5. The average molecular weight is 718 g/mol. The van der Waals surface area contributed by atoms with Gasteiger partial charge >= 0.3 is 18.4 Å². The third kappa shape index (κ3) is 23.9. The summed E-state index contributed by atoms with van der Waals surface area (Å²) in [6.07, 6.45) is -1.04.